The number of piperazine rings is 1. The Morgan fingerprint density at radius 2 is 1.65 bits per heavy atom. The molecule has 0 atom stereocenters. The van der Waals surface area contributed by atoms with Crippen molar-refractivity contribution in [3.63, 3.8) is 0 Å². The molecule has 0 unspecified atom stereocenters. The van der Waals surface area contributed by atoms with E-state index < -0.39 is 11.2 Å². The lowest BCUT2D eigenvalue weighted by Gasteiger charge is -2.33. The predicted octanol–water partition coefficient (Wildman–Crippen LogP) is 1.73. The van der Waals surface area contributed by atoms with Crippen LogP contribution in [0.4, 0.5) is 23.4 Å². The van der Waals surface area contributed by atoms with Gasteiger partial charge in [-0.05, 0) is 0 Å². The third kappa shape index (κ3) is 2.68. The molecule has 0 aromatic carbocycles. The molecule has 0 aliphatic carbocycles. The maximum Gasteiger partial charge on any atom is 0.445 e. The van der Waals surface area contributed by atoms with Crippen LogP contribution in [0.15, 0.2) is 6.33 Å². The number of anilines is 2. The fourth-order valence-corrected chi connectivity index (χ4v) is 3.20. The van der Waals surface area contributed by atoms with Gasteiger partial charge in [-0.25, -0.2) is 4.98 Å². The van der Waals surface area contributed by atoms with Gasteiger partial charge < -0.3 is 9.80 Å². The molecule has 1 aliphatic heterocycles. The van der Waals surface area contributed by atoms with E-state index in [1.165, 1.54) is 17.9 Å². The second-order valence-electron chi connectivity index (χ2n) is 4.09. The van der Waals surface area contributed by atoms with Crippen molar-refractivity contribution in [3.8, 4) is 0 Å². The molecule has 108 valence electrons. The summed E-state index contributed by atoms with van der Waals surface area (Å²) in [5, 5.41) is 7.07. The van der Waals surface area contributed by atoms with Gasteiger partial charge in [-0.2, -0.15) is 17.5 Å². The largest absolute Gasteiger partial charge is 0.445 e. The zero-order chi connectivity index (χ0) is 14.2. The molecule has 1 aliphatic rings. The lowest BCUT2D eigenvalue weighted by Crippen LogP contribution is -2.46. The zero-order valence-electron chi connectivity index (χ0n) is 10.0. The third-order valence-corrected chi connectivity index (χ3v) is 4.58. The summed E-state index contributed by atoms with van der Waals surface area (Å²) in [6.45, 7) is 2.53. The van der Waals surface area contributed by atoms with E-state index in [9.17, 15) is 13.2 Å². The van der Waals surface area contributed by atoms with E-state index in [2.05, 4.69) is 24.5 Å². The Labute approximate surface area is 120 Å². The fraction of sp³-hybridized carbons (Fsp3) is 0.556. The number of nitrogens with zero attached hydrogens (tertiary/aromatic N) is 6. The summed E-state index contributed by atoms with van der Waals surface area (Å²) in [6, 6.07) is 0. The first-order chi connectivity index (χ1) is 9.54. The van der Waals surface area contributed by atoms with Crippen LogP contribution in [0, 0.1) is 0 Å². The van der Waals surface area contributed by atoms with Gasteiger partial charge in [0, 0.05) is 37.7 Å². The molecule has 11 heteroatoms. The summed E-state index contributed by atoms with van der Waals surface area (Å²) in [6.07, 6.45) is -2.93. The van der Waals surface area contributed by atoms with Gasteiger partial charge in [-0.15, -0.1) is 10.2 Å². The molecule has 6 nitrogen and oxygen atoms in total. The summed E-state index contributed by atoms with van der Waals surface area (Å²) < 4.78 is 41.4. The molecule has 3 heterocycles. The van der Waals surface area contributed by atoms with E-state index in [-0.39, 0.29) is 0 Å². The van der Waals surface area contributed by atoms with Gasteiger partial charge in [0.05, 0.1) is 0 Å². The van der Waals surface area contributed by atoms with Crippen LogP contribution in [0.1, 0.15) is 5.01 Å². The number of hydrogen-bond acceptors (Lipinski definition) is 8. The Balaban J connectivity index is 1.65. The highest BCUT2D eigenvalue weighted by atomic mass is 32.1. The fourth-order valence-electron chi connectivity index (χ4n) is 1.85. The Kier molecular flexibility index (Phi) is 3.46. The third-order valence-electron chi connectivity index (χ3n) is 2.83. The number of rotatable bonds is 2. The van der Waals surface area contributed by atoms with Gasteiger partial charge in [-0.1, -0.05) is 11.3 Å². The summed E-state index contributed by atoms with van der Waals surface area (Å²) in [7, 11) is 0. The van der Waals surface area contributed by atoms with Gasteiger partial charge in [0.2, 0.25) is 15.3 Å². The van der Waals surface area contributed by atoms with Crippen LogP contribution in [0.5, 0.6) is 0 Å². The molecule has 0 N–H and O–H groups in total. The van der Waals surface area contributed by atoms with Gasteiger partial charge in [0.1, 0.15) is 6.33 Å². The smallest absolute Gasteiger partial charge is 0.343 e. The molecule has 2 aromatic heterocycles. The van der Waals surface area contributed by atoms with E-state index >= 15 is 0 Å². The highest BCUT2D eigenvalue weighted by Crippen LogP contribution is 2.34. The van der Waals surface area contributed by atoms with E-state index in [4.69, 9.17) is 0 Å². The molecule has 20 heavy (non-hydrogen) atoms. The van der Waals surface area contributed by atoms with Crippen molar-refractivity contribution in [2.24, 2.45) is 0 Å². The van der Waals surface area contributed by atoms with Crippen LogP contribution >= 0.6 is 22.9 Å². The van der Waals surface area contributed by atoms with Gasteiger partial charge >= 0.3 is 6.18 Å². The Bertz CT molecular complexity index is 560. The summed E-state index contributed by atoms with van der Waals surface area (Å²) in [4.78, 5) is 7.98. The van der Waals surface area contributed by atoms with Gasteiger partial charge in [0.15, 0.2) is 0 Å². The van der Waals surface area contributed by atoms with Gasteiger partial charge in [-0.3, -0.25) is 0 Å². The molecule has 2 aromatic rings. The zero-order valence-corrected chi connectivity index (χ0v) is 11.7. The number of aromatic nitrogens is 4. The number of alkyl halides is 3. The molecular weight excluding hydrogens is 313 g/mol. The van der Waals surface area contributed by atoms with Crippen molar-refractivity contribution in [2.75, 3.05) is 36.0 Å². The molecule has 3 rings (SSSR count). The Morgan fingerprint density at radius 3 is 2.15 bits per heavy atom. The average Bonchev–Trinajstić information content (AvgIpc) is 3.10. The minimum Gasteiger partial charge on any atom is -0.343 e. The van der Waals surface area contributed by atoms with E-state index in [0.717, 1.165) is 5.13 Å². The molecule has 0 radical (unpaired) electrons. The molecule has 0 saturated carbocycles. The SMILES string of the molecule is FC(F)(F)c1nnc(N2CCN(c3ncns3)CC2)s1. The first-order valence-electron chi connectivity index (χ1n) is 5.71. The van der Waals surface area contributed by atoms with Crippen molar-refractivity contribution >= 4 is 33.1 Å². The first-order valence-corrected chi connectivity index (χ1v) is 7.30. The van der Waals surface area contributed by atoms with Crippen LogP contribution in [0.3, 0.4) is 0 Å². The second-order valence-corrected chi connectivity index (χ2v) is 5.80. The number of halogens is 3. The lowest BCUT2D eigenvalue weighted by molar-refractivity contribution is -0.138. The predicted molar refractivity (Wildman–Crippen MR) is 69.2 cm³/mol. The molecule has 0 spiro atoms. The highest BCUT2D eigenvalue weighted by molar-refractivity contribution is 7.15. The van der Waals surface area contributed by atoms with Crippen molar-refractivity contribution in [3.05, 3.63) is 11.3 Å². The van der Waals surface area contributed by atoms with E-state index in [1.807, 2.05) is 4.90 Å². The second kappa shape index (κ2) is 5.13. The molecule has 0 amide bonds. The topological polar surface area (TPSA) is 58.0 Å². The van der Waals surface area contributed by atoms with E-state index in [1.54, 1.807) is 0 Å². The van der Waals surface area contributed by atoms with Crippen LogP contribution in [-0.2, 0) is 6.18 Å². The Morgan fingerprint density at radius 1 is 1.00 bits per heavy atom. The highest BCUT2D eigenvalue weighted by Gasteiger charge is 2.36. The molecule has 0 bridgehead atoms. The van der Waals surface area contributed by atoms with Crippen LogP contribution in [0.2, 0.25) is 0 Å². The van der Waals surface area contributed by atoms with Crippen molar-refractivity contribution in [1.82, 2.24) is 19.6 Å². The molecule has 1 fully saturated rings. The normalized spacial score (nSPS) is 16.8. The minimum absolute atomic E-state index is 0.314. The van der Waals surface area contributed by atoms with Crippen LogP contribution < -0.4 is 9.80 Å². The van der Waals surface area contributed by atoms with Crippen LogP contribution in [-0.4, -0.2) is 45.7 Å². The summed E-state index contributed by atoms with van der Waals surface area (Å²) in [5.74, 6) is 0. The van der Waals surface area contributed by atoms with Crippen LogP contribution in [0.25, 0.3) is 0 Å². The van der Waals surface area contributed by atoms with E-state index in [0.29, 0.717) is 42.6 Å². The standard InChI is InChI=1S/C9H9F3N6S2/c10-9(11,12)6-15-16-8(19-6)18-3-1-17(2-4-18)7-13-5-14-20-7/h5H,1-4H2. The first kappa shape index (κ1) is 13.5. The lowest BCUT2D eigenvalue weighted by atomic mass is 10.3. The number of hydrogen-bond donors (Lipinski definition) is 0. The van der Waals surface area contributed by atoms with Crippen molar-refractivity contribution in [1.29, 1.82) is 0 Å². The minimum atomic E-state index is -4.43. The van der Waals surface area contributed by atoms with Crippen molar-refractivity contribution in [2.45, 2.75) is 6.18 Å². The maximum atomic E-state index is 12.5. The maximum absolute atomic E-state index is 12.5. The molecular formula is C9H9F3N6S2. The monoisotopic (exact) mass is 322 g/mol. The average molecular weight is 322 g/mol. The molecule has 1 saturated heterocycles. The summed E-state index contributed by atoms with van der Waals surface area (Å²) in [5.41, 5.74) is 0. The quantitative estimate of drug-likeness (QED) is 0.839. The summed E-state index contributed by atoms with van der Waals surface area (Å²) >= 11 is 1.89. The van der Waals surface area contributed by atoms with Gasteiger partial charge in [0.25, 0.3) is 0 Å². The Hall–Kier alpha value is -1.49. The van der Waals surface area contributed by atoms with Crippen molar-refractivity contribution < 1.29 is 13.2 Å².